The van der Waals surface area contributed by atoms with Gasteiger partial charge in [0.05, 0.1) is 11.1 Å². The van der Waals surface area contributed by atoms with Crippen LogP contribution in [-0.4, -0.2) is 22.2 Å². The van der Waals surface area contributed by atoms with E-state index in [1.807, 2.05) is 31.2 Å². The lowest BCUT2D eigenvalue weighted by Crippen LogP contribution is -2.17. The van der Waals surface area contributed by atoms with Crippen LogP contribution in [0.4, 0.5) is 5.69 Å². The predicted molar refractivity (Wildman–Crippen MR) is 112 cm³/mol. The summed E-state index contributed by atoms with van der Waals surface area (Å²) in [5, 5.41) is 24.3. The molecule has 0 saturated carbocycles. The molecule has 0 fully saturated rings. The lowest BCUT2D eigenvalue weighted by atomic mass is 10.2. The number of nitro groups is 1. The molecule has 0 saturated heterocycles. The molecule has 3 aromatic rings. The zero-order valence-electron chi connectivity index (χ0n) is 16.1. The van der Waals surface area contributed by atoms with Gasteiger partial charge in [0.25, 0.3) is 11.6 Å². The molecule has 0 heterocycles. The van der Waals surface area contributed by atoms with Gasteiger partial charge in [0.15, 0.2) is 0 Å². The summed E-state index contributed by atoms with van der Waals surface area (Å²) >= 11 is 0. The summed E-state index contributed by atoms with van der Waals surface area (Å²) in [6.07, 6.45) is 1.14. The number of hydrogen-bond acceptors (Lipinski definition) is 6. The van der Waals surface area contributed by atoms with Gasteiger partial charge in [0.2, 0.25) is 0 Å². The minimum Gasteiger partial charge on any atom is -0.507 e. The Morgan fingerprint density at radius 3 is 2.50 bits per heavy atom. The zero-order valence-corrected chi connectivity index (χ0v) is 16.1. The van der Waals surface area contributed by atoms with Gasteiger partial charge in [-0.1, -0.05) is 29.8 Å². The monoisotopic (exact) mass is 405 g/mol. The number of benzene rings is 3. The second-order valence-electron chi connectivity index (χ2n) is 6.50. The van der Waals surface area contributed by atoms with Crippen LogP contribution in [0.5, 0.6) is 11.5 Å². The molecular weight excluding hydrogens is 386 g/mol. The van der Waals surface area contributed by atoms with Crippen molar-refractivity contribution in [2.75, 3.05) is 0 Å². The largest absolute Gasteiger partial charge is 0.507 e. The number of non-ortho nitro benzene ring substituents is 1. The number of carbonyl (C=O) groups excluding carboxylic acids is 1. The Morgan fingerprint density at radius 2 is 1.83 bits per heavy atom. The molecule has 0 aromatic heterocycles. The van der Waals surface area contributed by atoms with Crippen molar-refractivity contribution in [3.63, 3.8) is 0 Å². The number of phenolic OH excluding ortho intramolecular Hbond substituents is 1. The number of aryl methyl sites for hydroxylation is 1. The van der Waals surface area contributed by atoms with Crippen molar-refractivity contribution in [1.29, 1.82) is 0 Å². The third kappa shape index (κ3) is 5.41. The van der Waals surface area contributed by atoms with Gasteiger partial charge >= 0.3 is 0 Å². The molecular formula is C22H19N3O5. The van der Waals surface area contributed by atoms with Crippen LogP contribution in [0.3, 0.4) is 0 Å². The second-order valence-corrected chi connectivity index (χ2v) is 6.50. The van der Waals surface area contributed by atoms with Gasteiger partial charge < -0.3 is 9.84 Å². The van der Waals surface area contributed by atoms with Crippen molar-refractivity contribution in [1.82, 2.24) is 5.43 Å². The van der Waals surface area contributed by atoms with E-state index in [2.05, 4.69) is 10.5 Å². The fraction of sp³-hybridized carbons (Fsp3) is 0.0909. The fourth-order valence-corrected chi connectivity index (χ4v) is 2.54. The number of phenols is 1. The molecule has 0 bridgehead atoms. The maximum Gasteiger partial charge on any atom is 0.271 e. The van der Waals surface area contributed by atoms with E-state index in [9.17, 15) is 20.0 Å². The highest BCUT2D eigenvalue weighted by molar-refractivity contribution is 5.95. The highest BCUT2D eigenvalue weighted by Gasteiger charge is 2.09. The number of aromatic hydroxyl groups is 1. The van der Waals surface area contributed by atoms with E-state index < -0.39 is 10.8 Å². The van der Waals surface area contributed by atoms with Crippen LogP contribution < -0.4 is 10.2 Å². The minimum atomic E-state index is -0.585. The fourth-order valence-electron chi connectivity index (χ4n) is 2.54. The van der Waals surface area contributed by atoms with E-state index in [0.717, 1.165) is 17.8 Å². The molecule has 3 rings (SSSR count). The van der Waals surface area contributed by atoms with E-state index in [-0.39, 0.29) is 17.0 Å². The molecule has 0 aliphatic rings. The molecule has 0 aliphatic heterocycles. The summed E-state index contributed by atoms with van der Waals surface area (Å²) in [4.78, 5) is 22.4. The van der Waals surface area contributed by atoms with Gasteiger partial charge in [0, 0.05) is 23.3 Å². The first kappa shape index (κ1) is 20.5. The predicted octanol–water partition coefficient (Wildman–Crippen LogP) is 3.95. The van der Waals surface area contributed by atoms with Crippen molar-refractivity contribution < 1.29 is 19.6 Å². The van der Waals surface area contributed by atoms with Gasteiger partial charge in [-0.2, -0.15) is 5.10 Å². The zero-order chi connectivity index (χ0) is 21.5. The number of ether oxygens (including phenoxy) is 1. The van der Waals surface area contributed by atoms with E-state index >= 15 is 0 Å². The minimum absolute atomic E-state index is 0.115. The Hall–Kier alpha value is -4.20. The van der Waals surface area contributed by atoms with Crippen LogP contribution in [0.15, 0.2) is 71.8 Å². The molecule has 30 heavy (non-hydrogen) atoms. The van der Waals surface area contributed by atoms with Crippen LogP contribution >= 0.6 is 0 Å². The topological polar surface area (TPSA) is 114 Å². The first-order valence-electron chi connectivity index (χ1n) is 9.01. The normalized spacial score (nSPS) is 10.7. The second kappa shape index (κ2) is 9.33. The molecule has 152 valence electrons. The summed E-state index contributed by atoms with van der Waals surface area (Å²) in [6.45, 7) is 2.44. The maximum absolute atomic E-state index is 12.2. The standard InChI is InChI=1S/C22H19N3O5/c1-15-2-4-16(5-3-15)14-30-20-9-6-17(7-10-20)22(27)24-23-13-18-12-19(25(28)29)8-11-21(18)26/h2-13,26H,14H2,1H3,(H,24,27)/b23-13+. The van der Waals surface area contributed by atoms with Crippen LogP contribution in [0.25, 0.3) is 0 Å². The maximum atomic E-state index is 12.2. The van der Waals surface area contributed by atoms with Gasteiger partial charge in [-0.25, -0.2) is 5.43 Å². The highest BCUT2D eigenvalue weighted by atomic mass is 16.6. The van der Waals surface area contributed by atoms with E-state index in [0.29, 0.717) is 17.9 Å². The van der Waals surface area contributed by atoms with Crippen LogP contribution in [0.1, 0.15) is 27.0 Å². The molecule has 1 amide bonds. The number of rotatable bonds is 7. The average molecular weight is 405 g/mol. The Morgan fingerprint density at radius 1 is 1.13 bits per heavy atom. The van der Waals surface area contributed by atoms with Crippen molar-refractivity contribution in [3.8, 4) is 11.5 Å². The quantitative estimate of drug-likeness (QED) is 0.351. The highest BCUT2D eigenvalue weighted by Crippen LogP contribution is 2.21. The van der Waals surface area contributed by atoms with Crippen molar-refractivity contribution >= 4 is 17.8 Å². The average Bonchev–Trinajstić information content (AvgIpc) is 2.74. The van der Waals surface area contributed by atoms with Crippen molar-refractivity contribution in [3.05, 3.63) is 99.1 Å². The number of nitrogens with one attached hydrogen (secondary N) is 1. The van der Waals surface area contributed by atoms with Crippen molar-refractivity contribution in [2.24, 2.45) is 5.10 Å². The van der Waals surface area contributed by atoms with Gasteiger partial charge in [0.1, 0.15) is 18.1 Å². The Labute approximate surface area is 172 Å². The molecule has 0 radical (unpaired) electrons. The van der Waals surface area contributed by atoms with Crippen LogP contribution in [0.2, 0.25) is 0 Å². The Bertz CT molecular complexity index is 1080. The van der Waals surface area contributed by atoms with E-state index in [1.165, 1.54) is 17.7 Å². The first-order valence-corrected chi connectivity index (χ1v) is 9.01. The SMILES string of the molecule is Cc1ccc(COc2ccc(C(=O)N/N=C/c3cc([N+](=O)[O-])ccc3O)cc2)cc1. The number of amides is 1. The summed E-state index contributed by atoms with van der Waals surface area (Å²) < 4.78 is 5.71. The molecule has 3 aromatic carbocycles. The molecule has 0 aliphatic carbocycles. The lowest BCUT2D eigenvalue weighted by Gasteiger charge is -2.07. The third-order valence-corrected chi connectivity index (χ3v) is 4.23. The number of carbonyl (C=O) groups is 1. The number of nitrogens with zero attached hydrogens (tertiary/aromatic N) is 2. The van der Waals surface area contributed by atoms with Gasteiger partial charge in [-0.05, 0) is 42.8 Å². The summed E-state index contributed by atoms with van der Waals surface area (Å²) in [5.74, 6) is -0.0351. The molecule has 0 spiro atoms. The van der Waals surface area contributed by atoms with Gasteiger partial charge in [-0.3, -0.25) is 14.9 Å². The molecule has 8 nitrogen and oxygen atoms in total. The van der Waals surface area contributed by atoms with E-state index in [4.69, 9.17) is 4.74 Å². The summed E-state index contributed by atoms with van der Waals surface area (Å²) in [5.41, 5.74) is 4.82. The molecule has 8 heteroatoms. The summed E-state index contributed by atoms with van der Waals surface area (Å²) in [6, 6.07) is 18.1. The molecule has 0 unspecified atom stereocenters. The van der Waals surface area contributed by atoms with Gasteiger partial charge in [-0.15, -0.1) is 0 Å². The lowest BCUT2D eigenvalue weighted by molar-refractivity contribution is -0.384. The smallest absolute Gasteiger partial charge is 0.271 e. The summed E-state index contributed by atoms with van der Waals surface area (Å²) in [7, 11) is 0. The van der Waals surface area contributed by atoms with Crippen molar-refractivity contribution in [2.45, 2.75) is 13.5 Å². The number of hydrogen-bond donors (Lipinski definition) is 2. The Balaban J connectivity index is 1.57. The first-order chi connectivity index (χ1) is 14.4. The number of hydrazone groups is 1. The van der Waals surface area contributed by atoms with Crippen LogP contribution in [0, 0.1) is 17.0 Å². The van der Waals surface area contributed by atoms with E-state index in [1.54, 1.807) is 24.3 Å². The third-order valence-electron chi connectivity index (χ3n) is 4.23. The Kier molecular flexibility index (Phi) is 6.39. The van der Waals surface area contributed by atoms with Crippen LogP contribution in [-0.2, 0) is 6.61 Å². The molecule has 2 N–H and O–H groups in total. The number of nitro benzene ring substituents is 1. The molecule has 0 atom stereocenters.